The van der Waals surface area contributed by atoms with Gasteiger partial charge in [0.1, 0.15) is 0 Å². The predicted molar refractivity (Wildman–Crippen MR) is 66.9 cm³/mol. The van der Waals surface area contributed by atoms with Crippen LogP contribution < -0.4 is 5.32 Å². The number of carboxylic acid groups (broad SMARTS) is 1. The van der Waals surface area contributed by atoms with Gasteiger partial charge in [0.2, 0.25) is 0 Å². The lowest BCUT2D eigenvalue weighted by Crippen LogP contribution is -2.51. The summed E-state index contributed by atoms with van der Waals surface area (Å²) in [5, 5.41) is 15.2. The predicted octanol–water partition coefficient (Wildman–Crippen LogP) is 1.46. The Morgan fingerprint density at radius 3 is 3.11 bits per heavy atom. The van der Waals surface area contributed by atoms with Crippen LogP contribution in [0.1, 0.15) is 6.42 Å². The molecule has 7 heteroatoms. The number of amides is 2. The average molecular weight is 270 g/mol. The maximum Gasteiger partial charge on any atom is 0.322 e. The maximum atomic E-state index is 12.0. The topological polar surface area (TPSA) is 78.9 Å². The van der Waals surface area contributed by atoms with Crippen LogP contribution >= 0.6 is 11.3 Å². The van der Waals surface area contributed by atoms with E-state index in [1.165, 1.54) is 16.2 Å². The lowest BCUT2D eigenvalue weighted by molar-refractivity contribution is -0.139. The molecule has 98 valence electrons. The third kappa shape index (κ3) is 3.21. The number of hydrogen-bond acceptors (Lipinski definition) is 4. The van der Waals surface area contributed by atoms with Gasteiger partial charge in [-0.2, -0.15) is 11.3 Å². The summed E-state index contributed by atoms with van der Waals surface area (Å²) in [5.74, 6) is -0.932. The number of nitrogens with one attached hydrogen (secondary N) is 1. The molecule has 1 aliphatic rings. The van der Waals surface area contributed by atoms with Crippen molar-refractivity contribution in [1.82, 2.24) is 4.90 Å². The van der Waals surface area contributed by atoms with Crippen LogP contribution in [0.25, 0.3) is 0 Å². The highest BCUT2D eigenvalue weighted by molar-refractivity contribution is 7.08. The summed E-state index contributed by atoms with van der Waals surface area (Å²) in [7, 11) is 0. The SMILES string of the molecule is O=C(O)CC1COCCN1C(=O)Nc1ccsc1. The smallest absolute Gasteiger partial charge is 0.322 e. The molecule has 0 radical (unpaired) electrons. The van der Waals surface area contributed by atoms with Crippen molar-refractivity contribution in [2.75, 3.05) is 25.1 Å². The summed E-state index contributed by atoms with van der Waals surface area (Å²) in [6, 6.07) is 1.12. The van der Waals surface area contributed by atoms with Gasteiger partial charge in [0.05, 0.1) is 31.4 Å². The van der Waals surface area contributed by atoms with E-state index in [4.69, 9.17) is 9.84 Å². The Hall–Kier alpha value is -1.60. The molecule has 0 spiro atoms. The number of rotatable bonds is 3. The molecule has 2 heterocycles. The summed E-state index contributed by atoms with van der Waals surface area (Å²) in [5.41, 5.74) is 0.727. The molecule has 1 aliphatic heterocycles. The summed E-state index contributed by atoms with van der Waals surface area (Å²) in [6.07, 6.45) is -0.100. The third-order valence-corrected chi connectivity index (χ3v) is 3.35. The van der Waals surface area contributed by atoms with Gasteiger partial charge in [-0.1, -0.05) is 0 Å². The van der Waals surface area contributed by atoms with Crippen molar-refractivity contribution in [3.63, 3.8) is 0 Å². The number of thiophene rings is 1. The Balaban J connectivity index is 1.99. The Labute approximate surface area is 108 Å². The molecular formula is C11H14N2O4S. The van der Waals surface area contributed by atoms with Crippen LogP contribution in [-0.4, -0.2) is 47.8 Å². The molecule has 18 heavy (non-hydrogen) atoms. The van der Waals surface area contributed by atoms with Crippen molar-refractivity contribution < 1.29 is 19.4 Å². The van der Waals surface area contributed by atoms with Crippen molar-refractivity contribution in [2.45, 2.75) is 12.5 Å². The van der Waals surface area contributed by atoms with Gasteiger partial charge in [0.25, 0.3) is 0 Å². The number of anilines is 1. The van der Waals surface area contributed by atoms with E-state index in [1.54, 1.807) is 6.07 Å². The number of hydrogen-bond donors (Lipinski definition) is 2. The molecule has 0 aromatic carbocycles. The highest BCUT2D eigenvalue weighted by Crippen LogP contribution is 2.16. The first kappa shape index (κ1) is 12.8. The first-order valence-electron chi connectivity index (χ1n) is 5.56. The van der Waals surface area contributed by atoms with Crippen LogP contribution in [0.3, 0.4) is 0 Å². The molecule has 1 unspecified atom stereocenters. The van der Waals surface area contributed by atoms with Crippen molar-refractivity contribution in [1.29, 1.82) is 0 Å². The highest BCUT2D eigenvalue weighted by atomic mass is 32.1. The second-order valence-corrected chi connectivity index (χ2v) is 4.74. The zero-order chi connectivity index (χ0) is 13.0. The molecular weight excluding hydrogens is 256 g/mol. The zero-order valence-corrected chi connectivity index (χ0v) is 10.5. The average Bonchev–Trinajstić information content (AvgIpc) is 2.81. The minimum Gasteiger partial charge on any atom is -0.481 e. The Bertz CT molecular complexity index is 421. The van der Waals surface area contributed by atoms with E-state index in [9.17, 15) is 9.59 Å². The van der Waals surface area contributed by atoms with Crippen molar-refractivity contribution >= 4 is 29.0 Å². The fourth-order valence-corrected chi connectivity index (χ4v) is 2.41. The number of carboxylic acids is 1. The van der Waals surface area contributed by atoms with Crippen LogP contribution in [0.2, 0.25) is 0 Å². The monoisotopic (exact) mass is 270 g/mol. The zero-order valence-electron chi connectivity index (χ0n) is 9.67. The summed E-state index contributed by atoms with van der Waals surface area (Å²) in [4.78, 5) is 24.3. The maximum absolute atomic E-state index is 12.0. The van der Waals surface area contributed by atoms with Crippen molar-refractivity contribution in [2.24, 2.45) is 0 Å². The van der Waals surface area contributed by atoms with E-state index >= 15 is 0 Å². The quantitative estimate of drug-likeness (QED) is 0.871. The number of carbonyl (C=O) groups excluding carboxylic acids is 1. The standard InChI is InChI=1S/C11H14N2O4S/c14-10(15)5-9-6-17-3-2-13(9)11(16)12-8-1-4-18-7-8/h1,4,7,9H,2-3,5-6H2,(H,12,16)(H,14,15). The van der Waals surface area contributed by atoms with E-state index in [1.807, 2.05) is 10.8 Å². The second-order valence-electron chi connectivity index (χ2n) is 3.96. The molecule has 1 saturated heterocycles. The van der Waals surface area contributed by atoms with Crippen LogP contribution in [0.15, 0.2) is 16.8 Å². The number of ether oxygens (including phenoxy) is 1. The fourth-order valence-electron chi connectivity index (χ4n) is 1.82. The lowest BCUT2D eigenvalue weighted by Gasteiger charge is -2.34. The number of morpholine rings is 1. The molecule has 1 aromatic heterocycles. The molecule has 1 aromatic rings. The van der Waals surface area contributed by atoms with Gasteiger partial charge in [-0.05, 0) is 11.4 Å². The van der Waals surface area contributed by atoms with Gasteiger partial charge in [-0.15, -0.1) is 0 Å². The van der Waals surface area contributed by atoms with E-state index in [-0.39, 0.29) is 19.1 Å². The summed E-state index contributed by atoms with van der Waals surface area (Å²) in [6.45, 7) is 1.12. The van der Waals surface area contributed by atoms with Gasteiger partial charge in [-0.25, -0.2) is 4.79 Å². The van der Waals surface area contributed by atoms with Crippen LogP contribution in [0.4, 0.5) is 10.5 Å². The molecule has 0 saturated carbocycles. The van der Waals surface area contributed by atoms with Crippen LogP contribution in [-0.2, 0) is 9.53 Å². The minimum atomic E-state index is -0.932. The number of urea groups is 1. The van der Waals surface area contributed by atoms with Crippen molar-refractivity contribution in [3.8, 4) is 0 Å². The number of nitrogens with zero attached hydrogens (tertiary/aromatic N) is 1. The molecule has 0 bridgehead atoms. The number of carbonyl (C=O) groups is 2. The van der Waals surface area contributed by atoms with Gasteiger partial charge >= 0.3 is 12.0 Å². The molecule has 1 fully saturated rings. The lowest BCUT2D eigenvalue weighted by atomic mass is 10.1. The Morgan fingerprint density at radius 1 is 1.61 bits per heavy atom. The normalized spacial score (nSPS) is 19.6. The molecule has 0 aliphatic carbocycles. The van der Waals surface area contributed by atoms with Gasteiger partial charge in [0, 0.05) is 11.9 Å². The third-order valence-electron chi connectivity index (χ3n) is 2.67. The van der Waals surface area contributed by atoms with Gasteiger partial charge < -0.3 is 20.1 Å². The molecule has 2 N–H and O–H groups in total. The van der Waals surface area contributed by atoms with Crippen LogP contribution in [0, 0.1) is 0 Å². The van der Waals surface area contributed by atoms with E-state index in [2.05, 4.69) is 5.32 Å². The fraction of sp³-hybridized carbons (Fsp3) is 0.455. The summed E-state index contributed by atoms with van der Waals surface area (Å²) < 4.78 is 5.22. The Morgan fingerprint density at radius 2 is 2.44 bits per heavy atom. The second kappa shape index (κ2) is 5.83. The highest BCUT2D eigenvalue weighted by Gasteiger charge is 2.29. The first-order chi connectivity index (χ1) is 8.66. The molecule has 2 amide bonds. The van der Waals surface area contributed by atoms with E-state index in [0.717, 1.165) is 5.69 Å². The molecule has 6 nitrogen and oxygen atoms in total. The molecule has 2 rings (SSSR count). The minimum absolute atomic E-state index is 0.100. The van der Waals surface area contributed by atoms with Gasteiger partial charge in [0.15, 0.2) is 0 Å². The van der Waals surface area contributed by atoms with Crippen molar-refractivity contribution in [3.05, 3.63) is 16.8 Å². The Kier molecular flexibility index (Phi) is 4.16. The van der Waals surface area contributed by atoms with E-state index in [0.29, 0.717) is 13.2 Å². The van der Waals surface area contributed by atoms with Crippen LogP contribution in [0.5, 0.6) is 0 Å². The van der Waals surface area contributed by atoms with Gasteiger partial charge in [-0.3, -0.25) is 4.79 Å². The summed E-state index contributed by atoms with van der Waals surface area (Å²) >= 11 is 1.49. The first-order valence-corrected chi connectivity index (χ1v) is 6.50. The van der Waals surface area contributed by atoms with E-state index < -0.39 is 12.0 Å². The number of aliphatic carboxylic acids is 1. The molecule has 1 atom stereocenters. The largest absolute Gasteiger partial charge is 0.481 e.